The lowest BCUT2D eigenvalue weighted by Gasteiger charge is -2.17. The first-order valence-electron chi connectivity index (χ1n) is 10.3. The topological polar surface area (TPSA) is 79.1 Å². The van der Waals surface area contributed by atoms with E-state index < -0.39 is 0 Å². The molecule has 3 aromatic heterocycles. The Kier molecular flexibility index (Phi) is 4.36. The lowest BCUT2D eigenvalue weighted by atomic mass is 10.0. The molecule has 0 spiro atoms. The molecular formula is C23H26N6O. The first kappa shape index (κ1) is 18.8. The maximum atomic E-state index is 10.8. The Hall–Kier alpha value is -3.19. The number of rotatable bonds is 3. The molecule has 0 aliphatic carbocycles. The van der Waals surface area contributed by atoms with Crippen molar-refractivity contribution in [2.24, 2.45) is 13.0 Å². The van der Waals surface area contributed by atoms with E-state index in [9.17, 15) is 5.11 Å². The van der Waals surface area contributed by atoms with E-state index in [1.807, 2.05) is 57.5 Å². The summed E-state index contributed by atoms with van der Waals surface area (Å²) in [5, 5.41) is 19.6. The number of pyridine rings is 2. The predicted molar refractivity (Wildman–Crippen MR) is 120 cm³/mol. The highest BCUT2D eigenvalue weighted by Gasteiger charge is 2.29. The zero-order chi connectivity index (χ0) is 21.0. The molecule has 0 saturated carbocycles. The number of aryl methyl sites for hydroxylation is 2. The van der Waals surface area contributed by atoms with E-state index in [4.69, 9.17) is 9.97 Å². The molecule has 7 nitrogen and oxygen atoms in total. The van der Waals surface area contributed by atoms with Crippen LogP contribution in [0.15, 0.2) is 36.5 Å². The van der Waals surface area contributed by atoms with Gasteiger partial charge in [0.25, 0.3) is 0 Å². The molecule has 5 rings (SSSR count). The van der Waals surface area contributed by atoms with Gasteiger partial charge in [-0.2, -0.15) is 5.10 Å². The monoisotopic (exact) mass is 402 g/mol. The van der Waals surface area contributed by atoms with Gasteiger partial charge in [0.05, 0.1) is 22.2 Å². The van der Waals surface area contributed by atoms with Gasteiger partial charge in [0.2, 0.25) is 0 Å². The molecule has 1 saturated heterocycles. The number of benzene rings is 1. The Morgan fingerprint density at radius 3 is 2.63 bits per heavy atom. The van der Waals surface area contributed by atoms with Gasteiger partial charge in [-0.15, -0.1) is 0 Å². The third kappa shape index (κ3) is 2.97. The van der Waals surface area contributed by atoms with Gasteiger partial charge in [-0.25, -0.2) is 9.97 Å². The number of hydrogen-bond acceptors (Lipinski definition) is 6. The van der Waals surface area contributed by atoms with Crippen molar-refractivity contribution in [1.82, 2.24) is 25.1 Å². The summed E-state index contributed by atoms with van der Waals surface area (Å²) in [6.45, 7) is 6.11. The van der Waals surface area contributed by atoms with Crippen LogP contribution in [0, 0.1) is 12.8 Å². The molecule has 4 heterocycles. The average molecular weight is 403 g/mol. The minimum atomic E-state index is 0.224. The number of aromatic hydroxyl groups is 1. The van der Waals surface area contributed by atoms with Gasteiger partial charge in [0.1, 0.15) is 11.6 Å². The zero-order valence-corrected chi connectivity index (χ0v) is 17.7. The van der Waals surface area contributed by atoms with E-state index in [1.54, 1.807) is 4.68 Å². The molecule has 1 aromatic carbocycles. The van der Waals surface area contributed by atoms with Crippen molar-refractivity contribution >= 4 is 27.8 Å². The van der Waals surface area contributed by atoms with Gasteiger partial charge in [-0.3, -0.25) is 4.68 Å². The Balaban J connectivity index is 1.53. The second-order valence-corrected chi connectivity index (χ2v) is 8.32. The summed E-state index contributed by atoms with van der Waals surface area (Å²) in [6.07, 6.45) is 1.95. The molecule has 0 radical (unpaired) electrons. The number of likely N-dealkylation sites (N-methyl/N-ethyl adjacent to an activating group) is 1. The summed E-state index contributed by atoms with van der Waals surface area (Å²) in [4.78, 5) is 12.0. The van der Waals surface area contributed by atoms with E-state index in [-0.39, 0.29) is 5.75 Å². The lowest BCUT2D eigenvalue weighted by Crippen LogP contribution is -2.32. The van der Waals surface area contributed by atoms with Gasteiger partial charge < -0.3 is 15.3 Å². The first-order chi connectivity index (χ1) is 14.4. The highest BCUT2D eigenvalue weighted by molar-refractivity contribution is 5.91. The number of fused-ring (bicyclic) bond motifs is 2. The number of nitrogens with zero attached hydrogens (tertiary/aromatic N) is 5. The number of hydrogen-bond donors (Lipinski definition) is 2. The Morgan fingerprint density at radius 2 is 1.87 bits per heavy atom. The quantitative estimate of drug-likeness (QED) is 0.548. The smallest absolute Gasteiger partial charge is 0.130 e. The second-order valence-electron chi connectivity index (χ2n) is 8.32. The first-order valence-corrected chi connectivity index (χ1v) is 10.3. The maximum absolute atomic E-state index is 10.8. The van der Waals surface area contributed by atoms with Crippen LogP contribution < -0.4 is 10.2 Å². The molecule has 0 unspecified atom stereocenters. The van der Waals surface area contributed by atoms with Crippen LogP contribution in [0.25, 0.3) is 33.2 Å². The Bertz CT molecular complexity index is 1260. The van der Waals surface area contributed by atoms with Crippen LogP contribution in [0.1, 0.15) is 12.5 Å². The fraction of sp³-hybridized carbons (Fsp3) is 0.348. The number of anilines is 1. The van der Waals surface area contributed by atoms with Crippen LogP contribution in [0.2, 0.25) is 0 Å². The summed E-state index contributed by atoms with van der Waals surface area (Å²) in [5.41, 5.74) is 4.69. The van der Waals surface area contributed by atoms with Gasteiger partial charge in [-0.05, 0) is 50.2 Å². The molecule has 30 heavy (non-hydrogen) atoms. The van der Waals surface area contributed by atoms with Crippen molar-refractivity contribution in [3.63, 3.8) is 0 Å². The molecular weight excluding hydrogens is 376 g/mol. The van der Waals surface area contributed by atoms with Crippen LogP contribution in [-0.4, -0.2) is 51.0 Å². The molecule has 0 bridgehead atoms. The Labute approximate surface area is 175 Å². The van der Waals surface area contributed by atoms with Gasteiger partial charge in [0, 0.05) is 48.9 Å². The molecule has 1 fully saturated rings. The van der Waals surface area contributed by atoms with Crippen LogP contribution in [0.4, 0.5) is 5.82 Å². The summed E-state index contributed by atoms with van der Waals surface area (Å²) in [5.74, 6) is 1.79. The molecule has 2 N–H and O–H groups in total. The van der Waals surface area contributed by atoms with E-state index in [0.29, 0.717) is 17.5 Å². The number of nitrogens with one attached hydrogen (secondary N) is 1. The third-order valence-electron chi connectivity index (χ3n) is 6.23. The average Bonchev–Trinajstić information content (AvgIpc) is 3.31. The van der Waals surface area contributed by atoms with Crippen molar-refractivity contribution in [2.45, 2.75) is 19.9 Å². The van der Waals surface area contributed by atoms with Gasteiger partial charge >= 0.3 is 0 Å². The standard InChI is InChI=1S/C23H26N6O/c1-13-10-29(12-20(13)24-3)21-8-7-18-19(26-21)6-5-17(25-18)16-9-15-11-28(4)27-22(15)14(2)23(16)30/h5-9,11,13,20,24,30H,10,12H2,1-4H3/t13-,20-/m0/s1. The van der Waals surface area contributed by atoms with Gasteiger partial charge in [-0.1, -0.05) is 6.92 Å². The van der Waals surface area contributed by atoms with Crippen molar-refractivity contribution in [2.75, 3.05) is 25.0 Å². The summed E-state index contributed by atoms with van der Waals surface area (Å²) >= 11 is 0. The number of phenolic OH excluding ortho intramolecular Hbond substituents is 1. The van der Waals surface area contributed by atoms with Crippen LogP contribution in [0.3, 0.4) is 0 Å². The fourth-order valence-corrected chi connectivity index (χ4v) is 4.49. The van der Waals surface area contributed by atoms with E-state index >= 15 is 0 Å². The van der Waals surface area contributed by atoms with Crippen molar-refractivity contribution in [3.05, 3.63) is 42.1 Å². The largest absolute Gasteiger partial charge is 0.507 e. The number of aromatic nitrogens is 4. The summed E-state index contributed by atoms with van der Waals surface area (Å²) < 4.78 is 1.76. The van der Waals surface area contributed by atoms with E-state index in [2.05, 4.69) is 22.2 Å². The predicted octanol–water partition coefficient (Wildman–Crippen LogP) is 3.24. The molecule has 7 heteroatoms. The summed E-state index contributed by atoms with van der Waals surface area (Å²) in [6, 6.07) is 10.4. The molecule has 1 aliphatic rings. The zero-order valence-electron chi connectivity index (χ0n) is 17.7. The van der Waals surface area contributed by atoms with Crippen molar-refractivity contribution in [1.29, 1.82) is 0 Å². The maximum Gasteiger partial charge on any atom is 0.130 e. The highest BCUT2D eigenvalue weighted by atomic mass is 16.3. The minimum Gasteiger partial charge on any atom is -0.507 e. The fourth-order valence-electron chi connectivity index (χ4n) is 4.49. The van der Waals surface area contributed by atoms with Crippen molar-refractivity contribution in [3.8, 4) is 17.0 Å². The Morgan fingerprint density at radius 1 is 1.10 bits per heavy atom. The molecule has 4 aromatic rings. The van der Waals surface area contributed by atoms with Gasteiger partial charge in [0.15, 0.2) is 0 Å². The molecule has 2 atom stereocenters. The van der Waals surface area contributed by atoms with E-state index in [1.165, 1.54) is 0 Å². The lowest BCUT2D eigenvalue weighted by molar-refractivity contribution is 0.474. The normalized spacial score (nSPS) is 19.3. The second kappa shape index (κ2) is 6.95. The van der Waals surface area contributed by atoms with Crippen LogP contribution in [0.5, 0.6) is 5.75 Å². The van der Waals surface area contributed by atoms with Crippen LogP contribution in [-0.2, 0) is 7.05 Å². The number of phenols is 1. The molecule has 1 aliphatic heterocycles. The van der Waals surface area contributed by atoms with Crippen molar-refractivity contribution < 1.29 is 5.11 Å². The third-order valence-corrected chi connectivity index (χ3v) is 6.23. The highest BCUT2D eigenvalue weighted by Crippen LogP contribution is 2.36. The SMILES string of the molecule is CN[C@H]1CN(c2ccc3nc(-c4cc5cn(C)nc5c(C)c4O)ccc3n2)C[C@@H]1C. The molecule has 0 amide bonds. The minimum absolute atomic E-state index is 0.224. The molecule has 154 valence electrons. The van der Waals surface area contributed by atoms with Crippen LogP contribution >= 0.6 is 0 Å². The summed E-state index contributed by atoms with van der Waals surface area (Å²) in [7, 11) is 3.90. The van der Waals surface area contributed by atoms with E-state index in [0.717, 1.165) is 52.1 Å².